The lowest BCUT2D eigenvalue weighted by molar-refractivity contribution is 0.0920. The van der Waals surface area contributed by atoms with Crippen LogP contribution in [-0.2, 0) is 0 Å². The Bertz CT molecular complexity index is 1010. The Morgan fingerprint density at radius 1 is 0.731 bits per heavy atom. The fraction of sp³-hybridized carbons (Fsp3) is 0. The molecule has 3 amide bonds. The van der Waals surface area contributed by atoms with Crippen LogP contribution in [0.1, 0.15) is 31.1 Å². The molecule has 1 aliphatic heterocycles. The van der Waals surface area contributed by atoms with E-state index in [1.165, 1.54) is 0 Å². The van der Waals surface area contributed by atoms with Crippen LogP contribution in [0.2, 0.25) is 0 Å². The minimum atomic E-state index is -0.491. The zero-order valence-electron chi connectivity index (χ0n) is 13.7. The van der Waals surface area contributed by atoms with Gasteiger partial charge in [0.1, 0.15) is 0 Å². The van der Waals surface area contributed by atoms with Crippen LogP contribution >= 0.6 is 0 Å². The van der Waals surface area contributed by atoms with Crippen molar-refractivity contribution >= 4 is 29.1 Å². The molecule has 1 aliphatic rings. The normalized spacial score (nSPS) is 12.8. The highest BCUT2D eigenvalue weighted by molar-refractivity contribution is 6.36. The third kappa shape index (κ3) is 2.56. The van der Waals surface area contributed by atoms with Crippen molar-refractivity contribution in [1.29, 1.82) is 0 Å². The van der Waals surface area contributed by atoms with Crippen LogP contribution in [0.5, 0.6) is 0 Å². The molecule has 26 heavy (non-hydrogen) atoms. The average Bonchev–Trinajstić information content (AvgIpc) is 2.94. The summed E-state index contributed by atoms with van der Waals surface area (Å²) in [5, 5.41) is 2.76. The van der Waals surface area contributed by atoms with E-state index in [0.717, 1.165) is 4.90 Å². The molecule has 0 unspecified atom stereocenters. The smallest absolute Gasteiger partial charge is 0.266 e. The maximum Gasteiger partial charge on any atom is 0.266 e. The number of carbonyl (C=O) groups is 3. The molecule has 1 N–H and O–H groups in total. The molecule has 1 heterocycles. The van der Waals surface area contributed by atoms with Crippen LogP contribution in [0.3, 0.4) is 0 Å². The van der Waals surface area contributed by atoms with Gasteiger partial charge in [0.05, 0.1) is 22.4 Å². The van der Waals surface area contributed by atoms with E-state index in [0.29, 0.717) is 11.4 Å². The Labute approximate surface area is 149 Å². The molecule has 3 aromatic rings. The van der Waals surface area contributed by atoms with Crippen LogP contribution in [0.4, 0.5) is 11.4 Å². The molecule has 0 saturated carbocycles. The molecular weight excluding hydrogens is 328 g/mol. The maximum atomic E-state index is 12.9. The fourth-order valence-corrected chi connectivity index (χ4v) is 3.01. The molecule has 0 saturated heterocycles. The van der Waals surface area contributed by atoms with Crippen LogP contribution in [0.15, 0.2) is 78.9 Å². The highest BCUT2D eigenvalue weighted by Gasteiger charge is 2.39. The number of carbonyl (C=O) groups excluding carboxylic acids is 3. The lowest BCUT2D eigenvalue weighted by Crippen LogP contribution is -2.29. The van der Waals surface area contributed by atoms with Gasteiger partial charge in [0.25, 0.3) is 17.7 Å². The van der Waals surface area contributed by atoms with Crippen LogP contribution in [-0.4, -0.2) is 17.7 Å². The van der Waals surface area contributed by atoms with Gasteiger partial charge in [0.2, 0.25) is 0 Å². The molecule has 5 heteroatoms. The second-order valence-corrected chi connectivity index (χ2v) is 5.83. The van der Waals surface area contributed by atoms with Gasteiger partial charge in [0, 0.05) is 5.69 Å². The first kappa shape index (κ1) is 15.8. The lowest BCUT2D eigenvalue weighted by atomic mass is 10.0. The second kappa shape index (κ2) is 6.29. The van der Waals surface area contributed by atoms with Crippen molar-refractivity contribution in [3.8, 4) is 0 Å². The number of anilines is 2. The monoisotopic (exact) mass is 342 g/mol. The summed E-state index contributed by atoms with van der Waals surface area (Å²) < 4.78 is 0. The summed E-state index contributed by atoms with van der Waals surface area (Å²) in [6.07, 6.45) is 0. The lowest BCUT2D eigenvalue weighted by Gasteiger charge is -2.13. The topological polar surface area (TPSA) is 66.5 Å². The van der Waals surface area contributed by atoms with Crippen LogP contribution in [0, 0.1) is 0 Å². The zero-order chi connectivity index (χ0) is 18.1. The van der Waals surface area contributed by atoms with Gasteiger partial charge in [-0.25, -0.2) is 4.90 Å². The van der Waals surface area contributed by atoms with E-state index in [4.69, 9.17) is 0 Å². The van der Waals surface area contributed by atoms with Gasteiger partial charge in [-0.05, 0) is 36.4 Å². The number of nitrogens with one attached hydrogen (secondary N) is 1. The number of benzene rings is 3. The van der Waals surface area contributed by atoms with Crippen molar-refractivity contribution in [3.05, 3.63) is 95.6 Å². The Hall–Kier alpha value is -3.73. The van der Waals surface area contributed by atoms with E-state index < -0.39 is 17.7 Å². The Kier molecular flexibility index (Phi) is 3.82. The summed E-state index contributed by atoms with van der Waals surface area (Å²) in [5.74, 6) is -1.34. The third-order valence-corrected chi connectivity index (χ3v) is 4.21. The van der Waals surface area contributed by atoms with Gasteiger partial charge in [0.15, 0.2) is 0 Å². The SMILES string of the molecule is O=C(Nc1ccccc1)c1cccc2c1C(=O)N(c1ccccc1)C2=O. The number of amides is 3. The van der Waals surface area contributed by atoms with Crippen molar-refractivity contribution < 1.29 is 14.4 Å². The molecule has 0 radical (unpaired) electrons. The predicted molar refractivity (Wildman–Crippen MR) is 98.4 cm³/mol. The summed E-state index contributed by atoms with van der Waals surface area (Å²) in [7, 11) is 0. The number of hydrogen-bond acceptors (Lipinski definition) is 3. The second-order valence-electron chi connectivity index (χ2n) is 5.83. The molecule has 0 aliphatic carbocycles. The Morgan fingerprint density at radius 2 is 1.38 bits per heavy atom. The molecule has 126 valence electrons. The summed E-state index contributed by atoms with van der Waals surface area (Å²) in [6.45, 7) is 0. The fourth-order valence-electron chi connectivity index (χ4n) is 3.01. The van der Waals surface area contributed by atoms with Gasteiger partial charge in [-0.2, -0.15) is 0 Å². The first-order valence-electron chi connectivity index (χ1n) is 8.10. The highest BCUT2D eigenvalue weighted by Crippen LogP contribution is 2.30. The van der Waals surface area contributed by atoms with Crippen molar-refractivity contribution in [1.82, 2.24) is 0 Å². The van der Waals surface area contributed by atoms with Crippen molar-refractivity contribution in [2.75, 3.05) is 10.2 Å². The molecule has 0 fully saturated rings. The van der Waals surface area contributed by atoms with Gasteiger partial charge >= 0.3 is 0 Å². The number of imide groups is 1. The van der Waals surface area contributed by atoms with Crippen LogP contribution < -0.4 is 10.2 Å². The van der Waals surface area contributed by atoms with Gasteiger partial charge in [-0.1, -0.05) is 42.5 Å². The van der Waals surface area contributed by atoms with Gasteiger partial charge in [-0.15, -0.1) is 0 Å². The molecule has 0 bridgehead atoms. The van der Waals surface area contributed by atoms with Gasteiger partial charge < -0.3 is 5.32 Å². The summed E-state index contributed by atoms with van der Waals surface area (Å²) in [6, 6.07) is 22.4. The molecule has 0 atom stereocenters. The van der Waals surface area contributed by atoms with Crippen molar-refractivity contribution in [2.45, 2.75) is 0 Å². The molecule has 0 spiro atoms. The quantitative estimate of drug-likeness (QED) is 0.737. The standard InChI is InChI=1S/C21H14N2O3/c24-19(22-14-8-3-1-4-9-14)16-12-7-13-17-18(16)21(26)23(20(17)25)15-10-5-2-6-11-15/h1-13H,(H,22,24). The summed E-state index contributed by atoms with van der Waals surface area (Å²) >= 11 is 0. The molecule has 0 aromatic heterocycles. The zero-order valence-corrected chi connectivity index (χ0v) is 13.7. The van der Waals surface area contributed by atoms with E-state index in [-0.39, 0.29) is 16.7 Å². The van der Waals surface area contributed by atoms with Crippen molar-refractivity contribution in [2.24, 2.45) is 0 Å². The molecule has 5 nitrogen and oxygen atoms in total. The minimum Gasteiger partial charge on any atom is -0.322 e. The molecular formula is C21H14N2O3. The van der Waals surface area contributed by atoms with E-state index in [9.17, 15) is 14.4 Å². The predicted octanol–water partition coefficient (Wildman–Crippen LogP) is 3.74. The largest absolute Gasteiger partial charge is 0.322 e. The molecule has 4 rings (SSSR count). The molecule has 3 aromatic carbocycles. The minimum absolute atomic E-state index is 0.134. The maximum absolute atomic E-state index is 12.9. The summed E-state index contributed by atoms with van der Waals surface area (Å²) in [4.78, 5) is 39.4. The first-order valence-corrected chi connectivity index (χ1v) is 8.10. The first-order chi connectivity index (χ1) is 12.7. The number of para-hydroxylation sites is 2. The highest BCUT2D eigenvalue weighted by atomic mass is 16.2. The average molecular weight is 342 g/mol. The van der Waals surface area contributed by atoms with Crippen molar-refractivity contribution in [3.63, 3.8) is 0 Å². The number of rotatable bonds is 3. The summed E-state index contributed by atoms with van der Waals surface area (Å²) in [5.41, 5.74) is 1.65. The van der Waals surface area contributed by atoms with E-state index >= 15 is 0 Å². The van der Waals surface area contributed by atoms with E-state index in [1.807, 2.05) is 6.07 Å². The number of fused-ring (bicyclic) bond motifs is 1. The Balaban J connectivity index is 1.73. The number of hydrogen-bond donors (Lipinski definition) is 1. The van der Waals surface area contributed by atoms with Crippen LogP contribution in [0.25, 0.3) is 0 Å². The third-order valence-electron chi connectivity index (χ3n) is 4.21. The van der Waals surface area contributed by atoms with E-state index in [1.54, 1.807) is 72.8 Å². The Morgan fingerprint density at radius 3 is 2.08 bits per heavy atom. The van der Waals surface area contributed by atoms with Gasteiger partial charge in [-0.3, -0.25) is 14.4 Å². The van der Waals surface area contributed by atoms with E-state index in [2.05, 4.69) is 5.32 Å². The number of nitrogens with zero attached hydrogens (tertiary/aromatic N) is 1.